The Morgan fingerprint density at radius 1 is 1.05 bits per heavy atom. The van der Waals surface area contributed by atoms with Gasteiger partial charge in [-0.15, -0.1) is 0 Å². The lowest BCUT2D eigenvalue weighted by atomic mass is 9.87. The number of hydrogen-bond donors (Lipinski definition) is 1. The molecule has 1 nitrogen and oxygen atoms in total. The quantitative estimate of drug-likeness (QED) is 0.872. The molecule has 0 bridgehead atoms. The highest BCUT2D eigenvalue weighted by Gasteiger charge is 2.29. The highest BCUT2D eigenvalue weighted by Crippen LogP contribution is 2.41. The minimum Gasteiger partial charge on any atom is -0.312 e. The maximum Gasteiger partial charge on any atom is 0.0387 e. The Morgan fingerprint density at radius 2 is 1.85 bits per heavy atom. The topological polar surface area (TPSA) is 12.0 Å². The summed E-state index contributed by atoms with van der Waals surface area (Å²) in [4.78, 5) is 0. The Hall–Kier alpha value is -1.60. The highest BCUT2D eigenvalue weighted by molar-refractivity contribution is 5.40. The Kier molecular flexibility index (Phi) is 3.62. The number of hydrogen-bond acceptors (Lipinski definition) is 1. The van der Waals surface area contributed by atoms with Crippen molar-refractivity contribution in [1.82, 2.24) is 5.32 Å². The minimum absolute atomic E-state index is 0.415. The first kappa shape index (κ1) is 13.4. The standard InChI is InChI=1S/C19H23N/c1-13-8-9-16(12-14(13)2)19(20-3)18-11-10-15-6-4-5-7-17(15)18/h4-9,12,18-20H,10-11H2,1-3H3. The number of benzene rings is 2. The summed E-state index contributed by atoms with van der Waals surface area (Å²) >= 11 is 0. The van der Waals surface area contributed by atoms with Crippen LogP contribution in [-0.2, 0) is 6.42 Å². The van der Waals surface area contributed by atoms with Crippen molar-refractivity contribution < 1.29 is 0 Å². The van der Waals surface area contributed by atoms with Crippen molar-refractivity contribution in [1.29, 1.82) is 0 Å². The molecule has 0 spiro atoms. The zero-order valence-electron chi connectivity index (χ0n) is 12.6. The van der Waals surface area contributed by atoms with Crippen LogP contribution in [-0.4, -0.2) is 7.05 Å². The Balaban J connectivity index is 1.97. The summed E-state index contributed by atoms with van der Waals surface area (Å²) in [6, 6.07) is 16.2. The van der Waals surface area contributed by atoms with Gasteiger partial charge in [-0.25, -0.2) is 0 Å². The third-order valence-electron chi connectivity index (χ3n) is 4.78. The van der Waals surface area contributed by atoms with Gasteiger partial charge in [0.2, 0.25) is 0 Å². The summed E-state index contributed by atoms with van der Waals surface area (Å²) in [5, 5.41) is 3.55. The SMILES string of the molecule is CNC(c1ccc(C)c(C)c1)C1CCc2ccccc21. The molecule has 20 heavy (non-hydrogen) atoms. The second-order valence-corrected chi connectivity index (χ2v) is 5.95. The van der Waals surface area contributed by atoms with Gasteiger partial charge in [0, 0.05) is 12.0 Å². The average molecular weight is 265 g/mol. The van der Waals surface area contributed by atoms with Crippen LogP contribution in [0.4, 0.5) is 0 Å². The molecule has 0 heterocycles. The zero-order valence-corrected chi connectivity index (χ0v) is 12.6. The first-order chi connectivity index (χ1) is 9.70. The van der Waals surface area contributed by atoms with E-state index in [2.05, 4.69) is 68.7 Å². The van der Waals surface area contributed by atoms with E-state index in [1.54, 1.807) is 0 Å². The zero-order chi connectivity index (χ0) is 14.1. The molecule has 0 aromatic heterocycles. The number of fused-ring (bicyclic) bond motifs is 1. The monoisotopic (exact) mass is 265 g/mol. The predicted molar refractivity (Wildman–Crippen MR) is 85.2 cm³/mol. The highest BCUT2D eigenvalue weighted by atomic mass is 14.9. The summed E-state index contributed by atoms with van der Waals surface area (Å²) in [5.74, 6) is 0.596. The van der Waals surface area contributed by atoms with E-state index in [0.29, 0.717) is 12.0 Å². The van der Waals surface area contributed by atoms with Crippen LogP contribution in [0.1, 0.15) is 46.2 Å². The average Bonchev–Trinajstić information content (AvgIpc) is 2.88. The van der Waals surface area contributed by atoms with E-state index < -0.39 is 0 Å². The van der Waals surface area contributed by atoms with Crippen molar-refractivity contribution in [3.05, 3.63) is 70.3 Å². The molecule has 2 atom stereocenters. The molecule has 1 aliphatic rings. The lowest BCUT2D eigenvalue weighted by Crippen LogP contribution is -2.22. The molecule has 2 unspecified atom stereocenters. The first-order valence-corrected chi connectivity index (χ1v) is 7.53. The normalized spacial score (nSPS) is 18.9. The molecule has 0 amide bonds. The molecule has 1 N–H and O–H groups in total. The van der Waals surface area contributed by atoms with Crippen molar-refractivity contribution in [3.63, 3.8) is 0 Å². The van der Waals surface area contributed by atoms with E-state index in [9.17, 15) is 0 Å². The Morgan fingerprint density at radius 3 is 2.60 bits per heavy atom. The third kappa shape index (κ3) is 2.27. The van der Waals surface area contributed by atoms with Gasteiger partial charge >= 0.3 is 0 Å². The van der Waals surface area contributed by atoms with Crippen LogP contribution in [0, 0.1) is 13.8 Å². The summed E-state index contributed by atoms with van der Waals surface area (Å²) in [7, 11) is 2.08. The van der Waals surface area contributed by atoms with Gasteiger partial charge in [0.25, 0.3) is 0 Å². The second-order valence-electron chi connectivity index (χ2n) is 5.95. The van der Waals surface area contributed by atoms with E-state index in [4.69, 9.17) is 0 Å². The summed E-state index contributed by atoms with van der Waals surface area (Å²) in [6.45, 7) is 4.38. The fraction of sp³-hybridized carbons (Fsp3) is 0.368. The molecule has 0 saturated carbocycles. The van der Waals surface area contributed by atoms with Crippen LogP contribution in [0.3, 0.4) is 0 Å². The Labute approximate surface area is 122 Å². The molecule has 2 aromatic rings. The van der Waals surface area contributed by atoms with Crippen LogP contribution in [0.2, 0.25) is 0 Å². The van der Waals surface area contributed by atoms with E-state index in [1.807, 2.05) is 0 Å². The van der Waals surface area contributed by atoms with Gasteiger partial charge in [-0.2, -0.15) is 0 Å². The maximum atomic E-state index is 3.55. The van der Waals surface area contributed by atoms with E-state index >= 15 is 0 Å². The lowest BCUT2D eigenvalue weighted by Gasteiger charge is -2.25. The van der Waals surface area contributed by atoms with Gasteiger partial charge in [-0.05, 0) is 61.6 Å². The van der Waals surface area contributed by atoms with E-state index in [1.165, 1.54) is 40.7 Å². The van der Waals surface area contributed by atoms with Crippen LogP contribution < -0.4 is 5.32 Å². The van der Waals surface area contributed by atoms with Crippen molar-refractivity contribution in [3.8, 4) is 0 Å². The molecule has 1 aliphatic carbocycles. The van der Waals surface area contributed by atoms with Gasteiger partial charge in [-0.1, -0.05) is 42.5 Å². The van der Waals surface area contributed by atoms with Crippen molar-refractivity contribution in [2.24, 2.45) is 0 Å². The van der Waals surface area contributed by atoms with Gasteiger partial charge in [0.05, 0.1) is 0 Å². The van der Waals surface area contributed by atoms with Gasteiger partial charge < -0.3 is 5.32 Å². The molecule has 0 radical (unpaired) electrons. The first-order valence-electron chi connectivity index (χ1n) is 7.53. The second kappa shape index (κ2) is 5.41. The molecular weight excluding hydrogens is 242 g/mol. The number of rotatable bonds is 3. The summed E-state index contributed by atoms with van der Waals surface area (Å²) in [6.07, 6.45) is 2.46. The minimum atomic E-state index is 0.415. The van der Waals surface area contributed by atoms with Crippen LogP contribution >= 0.6 is 0 Å². The van der Waals surface area contributed by atoms with Gasteiger partial charge in [0.15, 0.2) is 0 Å². The number of likely N-dealkylation sites (N-methyl/N-ethyl adjacent to an activating group) is 1. The lowest BCUT2D eigenvalue weighted by molar-refractivity contribution is 0.476. The molecular formula is C19H23N. The van der Waals surface area contributed by atoms with Gasteiger partial charge in [-0.3, -0.25) is 0 Å². The smallest absolute Gasteiger partial charge is 0.0387 e. The third-order valence-corrected chi connectivity index (χ3v) is 4.78. The molecule has 2 aromatic carbocycles. The van der Waals surface area contributed by atoms with Crippen molar-refractivity contribution in [2.45, 2.75) is 38.6 Å². The van der Waals surface area contributed by atoms with E-state index in [0.717, 1.165) is 0 Å². The fourth-order valence-electron chi connectivity index (χ4n) is 3.49. The largest absolute Gasteiger partial charge is 0.312 e. The summed E-state index contributed by atoms with van der Waals surface area (Å²) < 4.78 is 0. The number of aryl methyl sites for hydroxylation is 3. The molecule has 104 valence electrons. The van der Waals surface area contributed by atoms with Crippen LogP contribution in [0.25, 0.3) is 0 Å². The summed E-state index contributed by atoms with van der Waals surface area (Å²) in [5.41, 5.74) is 7.23. The fourth-order valence-corrected chi connectivity index (χ4v) is 3.49. The Bertz CT molecular complexity index is 615. The van der Waals surface area contributed by atoms with Crippen molar-refractivity contribution >= 4 is 0 Å². The van der Waals surface area contributed by atoms with E-state index in [-0.39, 0.29) is 0 Å². The molecule has 1 heteroatoms. The van der Waals surface area contributed by atoms with Crippen LogP contribution in [0.15, 0.2) is 42.5 Å². The molecule has 0 saturated heterocycles. The van der Waals surface area contributed by atoms with Gasteiger partial charge in [0.1, 0.15) is 0 Å². The predicted octanol–water partition coefficient (Wildman–Crippen LogP) is 4.29. The number of nitrogens with one attached hydrogen (secondary N) is 1. The molecule has 0 fully saturated rings. The van der Waals surface area contributed by atoms with Crippen LogP contribution in [0.5, 0.6) is 0 Å². The van der Waals surface area contributed by atoms with Crippen molar-refractivity contribution in [2.75, 3.05) is 7.05 Å². The molecule has 0 aliphatic heterocycles. The molecule has 3 rings (SSSR count). The maximum absolute atomic E-state index is 3.55.